The first kappa shape index (κ1) is 19.9. The number of urea groups is 1. The molecule has 1 fully saturated rings. The SMILES string of the molecule is COC(=O)c1ccc(CN(C(=O)N2CCCCC2)c2cccc(CO)c2)cc1. The zero-order chi connectivity index (χ0) is 19.9. The van der Waals surface area contributed by atoms with E-state index in [1.807, 2.05) is 41.3 Å². The summed E-state index contributed by atoms with van der Waals surface area (Å²) in [6.45, 7) is 1.83. The van der Waals surface area contributed by atoms with E-state index in [9.17, 15) is 14.7 Å². The van der Waals surface area contributed by atoms with Crippen molar-refractivity contribution < 1.29 is 19.4 Å². The first-order chi connectivity index (χ1) is 13.6. The van der Waals surface area contributed by atoms with Gasteiger partial charge in [0.15, 0.2) is 0 Å². The number of hydrogen-bond donors (Lipinski definition) is 1. The van der Waals surface area contributed by atoms with Crippen molar-refractivity contribution >= 4 is 17.7 Å². The maximum absolute atomic E-state index is 13.2. The Kier molecular flexibility index (Phi) is 6.66. The standard InChI is InChI=1S/C22H26N2O4/c1-28-21(26)19-10-8-17(9-11-19)15-24(20-7-5-6-18(14-20)16-25)22(27)23-12-3-2-4-13-23/h5-11,14,25H,2-4,12-13,15-16H2,1H3. The molecule has 3 rings (SSSR count). The molecule has 1 saturated heterocycles. The number of aliphatic hydroxyl groups excluding tert-OH is 1. The number of nitrogens with zero attached hydrogens (tertiary/aromatic N) is 2. The molecule has 0 unspecified atom stereocenters. The molecule has 6 nitrogen and oxygen atoms in total. The first-order valence-electron chi connectivity index (χ1n) is 9.56. The Balaban J connectivity index is 1.86. The number of carbonyl (C=O) groups is 2. The van der Waals surface area contributed by atoms with Crippen molar-refractivity contribution in [3.05, 3.63) is 65.2 Å². The molecule has 0 aliphatic carbocycles. The number of hydrogen-bond acceptors (Lipinski definition) is 4. The van der Waals surface area contributed by atoms with Crippen LogP contribution in [-0.2, 0) is 17.9 Å². The lowest BCUT2D eigenvalue weighted by molar-refractivity contribution is 0.0600. The highest BCUT2D eigenvalue weighted by molar-refractivity contribution is 5.92. The molecule has 2 amide bonds. The number of carbonyl (C=O) groups excluding carboxylic acids is 2. The Morgan fingerprint density at radius 3 is 2.39 bits per heavy atom. The van der Waals surface area contributed by atoms with Gasteiger partial charge >= 0.3 is 12.0 Å². The zero-order valence-electron chi connectivity index (χ0n) is 16.1. The van der Waals surface area contributed by atoms with Crippen LogP contribution in [0.3, 0.4) is 0 Å². The number of methoxy groups -OCH3 is 1. The van der Waals surface area contributed by atoms with Crippen LogP contribution in [0.15, 0.2) is 48.5 Å². The van der Waals surface area contributed by atoms with Gasteiger partial charge in [0.25, 0.3) is 0 Å². The van der Waals surface area contributed by atoms with Gasteiger partial charge in [-0.3, -0.25) is 4.90 Å². The van der Waals surface area contributed by atoms with E-state index in [1.165, 1.54) is 7.11 Å². The predicted molar refractivity (Wildman–Crippen MR) is 107 cm³/mol. The molecular formula is C22H26N2O4. The molecule has 2 aromatic carbocycles. The third kappa shape index (κ3) is 4.70. The fraction of sp³-hybridized carbons (Fsp3) is 0.364. The molecule has 148 valence electrons. The zero-order valence-corrected chi connectivity index (χ0v) is 16.1. The summed E-state index contributed by atoms with van der Waals surface area (Å²) in [5.41, 5.74) is 2.89. The molecule has 1 aliphatic heterocycles. The number of rotatable bonds is 5. The highest BCUT2D eigenvalue weighted by atomic mass is 16.5. The number of aliphatic hydroxyl groups is 1. The van der Waals surface area contributed by atoms with Crippen molar-refractivity contribution in [3.8, 4) is 0 Å². The predicted octanol–water partition coefficient (Wildman–Crippen LogP) is 3.58. The van der Waals surface area contributed by atoms with Crippen molar-refractivity contribution in [1.29, 1.82) is 0 Å². The van der Waals surface area contributed by atoms with E-state index in [0.717, 1.165) is 49.2 Å². The minimum Gasteiger partial charge on any atom is -0.465 e. The van der Waals surface area contributed by atoms with Crippen molar-refractivity contribution in [1.82, 2.24) is 4.90 Å². The third-order valence-electron chi connectivity index (χ3n) is 4.98. The van der Waals surface area contributed by atoms with E-state index in [1.54, 1.807) is 17.0 Å². The maximum atomic E-state index is 13.2. The van der Waals surface area contributed by atoms with Crippen LogP contribution < -0.4 is 4.90 Å². The second kappa shape index (κ2) is 9.37. The molecule has 2 aromatic rings. The van der Waals surface area contributed by atoms with Gasteiger partial charge in [-0.2, -0.15) is 0 Å². The second-order valence-electron chi connectivity index (χ2n) is 6.93. The number of likely N-dealkylation sites (tertiary alicyclic amines) is 1. The number of piperidine rings is 1. The molecule has 1 heterocycles. The van der Waals surface area contributed by atoms with Gasteiger partial charge < -0.3 is 14.7 Å². The largest absolute Gasteiger partial charge is 0.465 e. The highest BCUT2D eigenvalue weighted by Crippen LogP contribution is 2.23. The molecule has 28 heavy (non-hydrogen) atoms. The third-order valence-corrected chi connectivity index (χ3v) is 4.98. The maximum Gasteiger partial charge on any atom is 0.337 e. The highest BCUT2D eigenvalue weighted by Gasteiger charge is 2.24. The molecular weight excluding hydrogens is 356 g/mol. The molecule has 0 radical (unpaired) electrons. The minimum atomic E-state index is -0.386. The summed E-state index contributed by atoms with van der Waals surface area (Å²) >= 11 is 0. The van der Waals surface area contributed by atoms with Gasteiger partial charge in [0.2, 0.25) is 0 Å². The fourth-order valence-electron chi connectivity index (χ4n) is 3.39. The van der Waals surface area contributed by atoms with Crippen molar-refractivity contribution in [2.45, 2.75) is 32.4 Å². The number of anilines is 1. The molecule has 1 N–H and O–H groups in total. The van der Waals surface area contributed by atoms with E-state index in [0.29, 0.717) is 12.1 Å². The average molecular weight is 382 g/mol. The quantitative estimate of drug-likeness (QED) is 0.803. The van der Waals surface area contributed by atoms with Crippen molar-refractivity contribution in [2.24, 2.45) is 0 Å². The number of ether oxygens (including phenoxy) is 1. The van der Waals surface area contributed by atoms with E-state index < -0.39 is 0 Å². The Morgan fingerprint density at radius 2 is 1.75 bits per heavy atom. The monoisotopic (exact) mass is 382 g/mol. The van der Waals surface area contributed by atoms with Crippen molar-refractivity contribution in [2.75, 3.05) is 25.1 Å². The smallest absolute Gasteiger partial charge is 0.337 e. The second-order valence-corrected chi connectivity index (χ2v) is 6.93. The van der Waals surface area contributed by atoms with Gasteiger partial charge in [0, 0.05) is 18.8 Å². The van der Waals surface area contributed by atoms with Crippen molar-refractivity contribution in [3.63, 3.8) is 0 Å². The summed E-state index contributed by atoms with van der Waals surface area (Å²) in [4.78, 5) is 28.5. The lowest BCUT2D eigenvalue weighted by Crippen LogP contribution is -2.45. The van der Waals surface area contributed by atoms with E-state index in [-0.39, 0.29) is 18.6 Å². The van der Waals surface area contributed by atoms with Gasteiger partial charge in [0.05, 0.1) is 25.8 Å². The molecule has 0 aromatic heterocycles. The Morgan fingerprint density at radius 1 is 1.04 bits per heavy atom. The normalized spacial score (nSPS) is 13.9. The Bertz CT molecular complexity index is 814. The average Bonchev–Trinajstić information content (AvgIpc) is 2.77. The first-order valence-corrected chi connectivity index (χ1v) is 9.56. The summed E-state index contributed by atoms with van der Waals surface area (Å²) in [5, 5.41) is 9.47. The van der Waals surface area contributed by atoms with Crippen LogP contribution in [-0.4, -0.2) is 42.2 Å². The van der Waals surface area contributed by atoms with E-state index >= 15 is 0 Å². The summed E-state index contributed by atoms with van der Waals surface area (Å²) in [6, 6.07) is 14.4. The molecule has 0 bridgehead atoms. The summed E-state index contributed by atoms with van der Waals surface area (Å²) in [5.74, 6) is -0.386. The van der Waals surface area contributed by atoms with E-state index in [4.69, 9.17) is 4.74 Å². The van der Waals surface area contributed by atoms with Crippen LogP contribution >= 0.6 is 0 Å². The number of esters is 1. The minimum absolute atomic E-state index is 0.0353. The summed E-state index contributed by atoms with van der Waals surface area (Å²) in [7, 11) is 1.35. The number of benzene rings is 2. The summed E-state index contributed by atoms with van der Waals surface area (Å²) < 4.78 is 4.74. The van der Waals surface area contributed by atoms with Crippen LogP contribution in [0.4, 0.5) is 10.5 Å². The van der Waals surface area contributed by atoms with Gasteiger partial charge in [-0.1, -0.05) is 24.3 Å². The van der Waals surface area contributed by atoms with E-state index in [2.05, 4.69) is 0 Å². The molecule has 0 atom stereocenters. The fourth-order valence-corrected chi connectivity index (χ4v) is 3.39. The topological polar surface area (TPSA) is 70.1 Å². The molecule has 6 heteroatoms. The molecule has 0 saturated carbocycles. The van der Waals surface area contributed by atoms with Crippen LogP contribution in [0, 0.1) is 0 Å². The van der Waals surface area contributed by atoms with Gasteiger partial charge in [-0.15, -0.1) is 0 Å². The Labute approximate surface area is 165 Å². The van der Waals surface area contributed by atoms with Crippen LogP contribution in [0.2, 0.25) is 0 Å². The van der Waals surface area contributed by atoms with Gasteiger partial charge in [-0.05, 0) is 54.7 Å². The van der Waals surface area contributed by atoms with Gasteiger partial charge in [0.1, 0.15) is 0 Å². The van der Waals surface area contributed by atoms with Gasteiger partial charge in [-0.25, -0.2) is 9.59 Å². The lowest BCUT2D eigenvalue weighted by Gasteiger charge is -2.33. The molecule has 1 aliphatic rings. The van der Waals surface area contributed by atoms with Crippen LogP contribution in [0.5, 0.6) is 0 Å². The molecule has 0 spiro atoms. The van der Waals surface area contributed by atoms with Crippen LogP contribution in [0.1, 0.15) is 40.7 Å². The van der Waals surface area contributed by atoms with Crippen LogP contribution in [0.25, 0.3) is 0 Å². The lowest BCUT2D eigenvalue weighted by atomic mass is 10.1. The number of amides is 2. The summed E-state index contributed by atoms with van der Waals surface area (Å²) in [6.07, 6.45) is 3.19. The Hall–Kier alpha value is -2.86.